The van der Waals surface area contributed by atoms with E-state index in [1.807, 2.05) is 42.5 Å². The molecule has 0 fully saturated rings. The highest BCUT2D eigenvalue weighted by atomic mass is 16.4. The average Bonchev–Trinajstić information content (AvgIpc) is 3.73. The summed E-state index contributed by atoms with van der Waals surface area (Å²) in [6, 6.07) is 38.4. The van der Waals surface area contributed by atoms with Gasteiger partial charge in [0.1, 0.15) is 11.2 Å². The Bertz CT molecular complexity index is 2650. The molecule has 5 heteroatoms. The Morgan fingerprint density at radius 1 is 0.512 bits per heavy atom. The van der Waals surface area contributed by atoms with Gasteiger partial charge in [-0.3, -0.25) is 0 Å². The van der Waals surface area contributed by atoms with E-state index in [2.05, 4.69) is 81.0 Å². The summed E-state index contributed by atoms with van der Waals surface area (Å²) in [6.07, 6.45) is 0. The molecule has 43 heavy (non-hydrogen) atoms. The lowest BCUT2D eigenvalue weighted by Crippen LogP contribution is -1.97. The number of hydrogen-bond acceptors (Lipinski definition) is 2. The van der Waals surface area contributed by atoms with Crippen LogP contribution in [0.4, 0.5) is 11.4 Å². The maximum Gasteiger partial charge on any atom is 0.196 e. The minimum Gasteiger partial charge on any atom is -0.452 e. The highest BCUT2D eigenvalue weighted by Crippen LogP contribution is 2.44. The first-order chi connectivity index (χ1) is 21.2. The van der Waals surface area contributed by atoms with Crippen molar-refractivity contribution < 1.29 is 8.83 Å². The highest BCUT2D eigenvalue weighted by molar-refractivity contribution is 6.19. The Hall–Kier alpha value is -6.30. The Morgan fingerprint density at radius 2 is 1.14 bits per heavy atom. The molecule has 198 valence electrons. The van der Waals surface area contributed by atoms with E-state index in [4.69, 9.17) is 22.0 Å². The number of rotatable bonds is 2. The number of aromatic nitrogens is 1. The third-order valence-corrected chi connectivity index (χ3v) is 8.44. The second-order valence-corrected chi connectivity index (χ2v) is 10.7. The van der Waals surface area contributed by atoms with Crippen LogP contribution in [0.2, 0.25) is 0 Å². The number of benzene rings is 6. The van der Waals surface area contributed by atoms with Crippen LogP contribution in [0, 0.1) is 13.1 Å². The van der Waals surface area contributed by atoms with Crippen LogP contribution in [-0.2, 0) is 0 Å². The molecule has 0 radical (unpaired) electrons. The standard InChI is InChI=1S/C38H19N3O2/c1-39-23-15-19-35-29(21-23)27-17-16-26-28-20-22(14-18-34(28)42-37(26)38(27)43-35)36-30(40-2)10-7-13-33(36)41-31-11-5-3-8-24(31)25-9-4-6-12-32(25)41/h3-21H. The number of para-hydroxylation sites is 2. The molecular formula is C38H19N3O2. The minimum atomic E-state index is 0.571. The first kappa shape index (κ1) is 23.4. The summed E-state index contributed by atoms with van der Waals surface area (Å²) >= 11 is 0. The van der Waals surface area contributed by atoms with E-state index in [-0.39, 0.29) is 0 Å². The molecular weight excluding hydrogens is 530 g/mol. The minimum absolute atomic E-state index is 0.571. The van der Waals surface area contributed by atoms with Crippen molar-refractivity contribution in [1.82, 2.24) is 4.57 Å². The summed E-state index contributed by atoms with van der Waals surface area (Å²) < 4.78 is 14.9. The molecule has 3 heterocycles. The number of hydrogen-bond donors (Lipinski definition) is 0. The lowest BCUT2D eigenvalue weighted by Gasteiger charge is -2.16. The summed E-state index contributed by atoms with van der Waals surface area (Å²) in [6.45, 7) is 15.5. The zero-order valence-corrected chi connectivity index (χ0v) is 22.6. The Kier molecular flexibility index (Phi) is 4.68. The van der Waals surface area contributed by atoms with Gasteiger partial charge in [0, 0.05) is 43.6 Å². The first-order valence-electron chi connectivity index (χ1n) is 13.9. The normalized spacial score (nSPS) is 11.7. The summed E-state index contributed by atoms with van der Waals surface area (Å²) in [5.74, 6) is 0. The van der Waals surface area contributed by atoms with Gasteiger partial charge in [0.05, 0.1) is 24.2 Å². The third-order valence-electron chi connectivity index (χ3n) is 8.44. The lowest BCUT2D eigenvalue weighted by atomic mass is 9.98. The number of fused-ring (bicyclic) bond motifs is 10. The van der Waals surface area contributed by atoms with E-state index >= 15 is 0 Å². The van der Waals surface area contributed by atoms with Crippen molar-refractivity contribution in [3.05, 3.63) is 138 Å². The topological polar surface area (TPSA) is 39.9 Å². The molecule has 9 aromatic rings. The molecule has 0 spiro atoms. The van der Waals surface area contributed by atoms with Crippen LogP contribution < -0.4 is 0 Å². The molecule has 9 rings (SSSR count). The van der Waals surface area contributed by atoms with Gasteiger partial charge in [-0.25, -0.2) is 9.69 Å². The highest BCUT2D eigenvalue weighted by Gasteiger charge is 2.20. The van der Waals surface area contributed by atoms with Gasteiger partial charge in [-0.05, 0) is 60.2 Å². The molecule has 0 saturated heterocycles. The molecule has 0 saturated carbocycles. The lowest BCUT2D eigenvalue weighted by molar-refractivity contribution is 0.633. The van der Waals surface area contributed by atoms with Crippen LogP contribution in [0.3, 0.4) is 0 Å². The molecule has 3 aromatic heterocycles. The van der Waals surface area contributed by atoms with Crippen LogP contribution >= 0.6 is 0 Å². The van der Waals surface area contributed by atoms with Crippen molar-refractivity contribution in [2.75, 3.05) is 0 Å². The van der Waals surface area contributed by atoms with Gasteiger partial charge in [0.25, 0.3) is 0 Å². The quantitative estimate of drug-likeness (QED) is 0.201. The van der Waals surface area contributed by atoms with E-state index < -0.39 is 0 Å². The summed E-state index contributed by atoms with van der Waals surface area (Å²) in [5.41, 5.74) is 8.90. The summed E-state index contributed by atoms with van der Waals surface area (Å²) in [7, 11) is 0. The number of furan rings is 2. The second kappa shape index (κ2) is 8.60. The maximum atomic E-state index is 8.08. The van der Waals surface area contributed by atoms with E-state index in [1.54, 1.807) is 6.07 Å². The predicted molar refractivity (Wildman–Crippen MR) is 173 cm³/mol. The van der Waals surface area contributed by atoms with Gasteiger partial charge in [-0.2, -0.15) is 0 Å². The molecule has 0 aliphatic heterocycles. The van der Waals surface area contributed by atoms with E-state index in [1.165, 1.54) is 10.8 Å². The van der Waals surface area contributed by atoms with E-state index in [0.717, 1.165) is 60.6 Å². The second-order valence-electron chi connectivity index (χ2n) is 10.7. The van der Waals surface area contributed by atoms with Crippen LogP contribution in [0.5, 0.6) is 0 Å². The van der Waals surface area contributed by atoms with Crippen LogP contribution in [0.1, 0.15) is 0 Å². The molecule has 0 aliphatic carbocycles. The van der Waals surface area contributed by atoms with Gasteiger partial charge in [0.15, 0.2) is 22.5 Å². The Balaban J connectivity index is 1.32. The average molecular weight is 550 g/mol. The van der Waals surface area contributed by atoms with Crippen LogP contribution in [0.25, 0.3) is 92.2 Å². The van der Waals surface area contributed by atoms with Crippen molar-refractivity contribution in [2.24, 2.45) is 0 Å². The Morgan fingerprint density at radius 3 is 1.79 bits per heavy atom. The molecule has 0 atom stereocenters. The largest absolute Gasteiger partial charge is 0.452 e. The van der Waals surface area contributed by atoms with Gasteiger partial charge in [-0.15, -0.1) is 0 Å². The van der Waals surface area contributed by atoms with Crippen molar-refractivity contribution in [1.29, 1.82) is 0 Å². The summed E-state index contributed by atoms with van der Waals surface area (Å²) in [4.78, 5) is 7.54. The van der Waals surface area contributed by atoms with Crippen molar-refractivity contribution in [3.63, 3.8) is 0 Å². The fraction of sp³-hybridized carbons (Fsp3) is 0. The van der Waals surface area contributed by atoms with Gasteiger partial charge < -0.3 is 13.4 Å². The predicted octanol–water partition coefficient (Wildman–Crippen LogP) is 11.4. The molecule has 0 amide bonds. The zero-order chi connectivity index (χ0) is 28.7. The fourth-order valence-corrected chi connectivity index (χ4v) is 6.57. The van der Waals surface area contributed by atoms with Crippen molar-refractivity contribution >= 4 is 77.1 Å². The SMILES string of the molecule is [C-]#[N+]c1ccc2oc3c(ccc4c5cc(-c6c([N+]#[C-])cccc6-n6c7ccccc7c7ccccc76)ccc5oc43)c2c1. The maximum absolute atomic E-state index is 8.08. The zero-order valence-electron chi connectivity index (χ0n) is 22.6. The van der Waals surface area contributed by atoms with Crippen molar-refractivity contribution in [3.8, 4) is 16.8 Å². The van der Waals surface area contributed by atoms with Gasteiger partial charge >= 0.3 is 0 Å². The van der Waals surface area contributed by atoms with Crippen LogP contribution in [-0.4, -0.2) is 4.57 Å². The number of nitrogens with zero attached hydrogens (tertiary/aromatic N) is 3. The molecule has 0 unspecified atom stereocenters. The smallest absolute Gasteiger partial charge is 0.196 e. The van der Waals surface area contributed by atoms with E-state index in [0.29, 0.717) is 22.5 Å². The molecule has 0 aliphatic rings. The van der Waals surface area contributed by atoms with Crippen LogP contribution in [0.15, 0.2) is 124 Å². The molecule has 0 bridgehead atoms. The monoisotopic (exact) mass is 549 g/mol. The Labute approximate surface area is 245 Å². The van der Waals surface area contributed by atoms with Gasteiger partial charge in [-0.1, -0.05) is 60.7 Å². The molecule has 0 N–H and O–H groups in total. The third kappa shape index (κ3) is 3.19. The van der Waals surface area contributed by atoms with Crippen molar-refractivity contribution in [2.45, 2.75) is 0 Å². The van der Waals surface area contributed by atoms with E-state index in [9.17, 15) is 0 Å². The molecule has 5 nitrogen and oxygen atoms in total. The first-order valence-corrected chi connectivity index (χ1v) is 13.9. The summed E-state index contributed by atoms with van der Waals surface area (Å²) in [5, 5.41) is 6.05. The fourth-order valence-electron chi connectivity index (χ4n) is 6.57. The molecule has 6 aromatic carbocycles. The van der Waals surface area contributed by atoms with Gasteiger partial charge in [0.2, 0.25) is 0 Å².